The summed E-state index contributed by atoms with van der Waals surface area (Å²) < 4.78 is 0. The van der Waals surface area contributed by atoms with Crippen LogP contribution in [-0.4, -0.2) is 15.0 Å². The van der Waals surface area contributed by atoms with Crippen molar-refractivity contribution in [2.45, 2.75) is 5.41 Å². The van der Waals surface area contributed by atoms with Gasteiger partial charge in [-0.05, 0) is 76.9 Å². The fourth-order valence-corrected chi connectivity index (χ4v) is 9.08. The van der Waals surface area contributed by atoms with E-state index in [4.69, 9.17) is 15.0 Å². The van der Waals surface area contributed by atoms with E-state index in [2.05, 4.69) is 149 Å². The monoisotopic (exact) mass is 754 g/mol. The molecule has 6 heteroatoms. The highest BCUT2D eigenvalue weighted by Crippen LogP contribution is 2.64. The third-order valence-electron chi connectivity index (χ3n) is 11.5. The first-order valence-corrected chi connectivity index (χ1v) is 19.7. The van der Waals surface area contributed by atoms with Crippen molar-refractivity contribution < 1.29 is 0 Å². The molecule has 2 aliphatic heterocycles. The Hall–Kier alpha value is -8.14. The van der Waals surface area contributed by atoms with Gasteiger partial charge < -0.3 is 9.80 Å². The maximum atomic E-state index is 10.8. The maximum absolute atomic E-state index is 10.8. The lowest BCUT2D eigenvalue weighted by Gasteiger charge is -2.51. The third kappa shape index (κ3) is 5.30. The second-order valence-electron chi connectivity index (χ2n) is 14.7. The van der Waals surface area contributed by atoms with Crippen molar-refractivity contribution in [1.29, 1.82) is 5.26 Å². The van der Waals surface area contributed by atoms with Crippen LogP contribution in [0.4, 0.5) is 34.1 Å². The summed E-state index contributed by atoms with van der Waals surface area (Å²) in [7, 11) is 0. The Bertz CT molecular complexity index is 2930. The van der Waals surface area contributed by atoms with Crippen molar-refractivity contribution in [3.8, 4) is 40.2 Å². The van der Waals surface area contributed by atoms with E-state index >= 15 is 0 Å². The first kappa shape index (κ1) is 34.1. The average Bonchev–Trinajstić information content (AvgIpc) is 3.32. The van der Waals surface area contributed by atoms with Crippen molar-refractivity contribution in [2.24, 2.45) is 0 Å². The van der Waals surface area contributed by atoms with E-state index in [9.17, 15) is 5.26 Å². The molecule has 0 N–H and O–H groups in total. The summed E-state index contributed by atoms with van der Waals surface area (Å²) in [5.41, 5.74) is 13.1. The van der Waals surface area contributed by atoms with Crippen molar-refractivity contribution in [3.63, 3.8) is 0 Å². The quantitative estimate of drug-likeness (QED) is 0.174. The fraction of sp³-hybridized carbons (Fsp3) is 0.0189. The molecular weight excluding hydrogens is 721 g/mol. The molecule has 11 rings (SSSR count). The van der Waals surface area contributed by atoms with E-state index in [0.717, 1.165) is 61.9 Å². The maximum Gasteiger partial charge on any atom is 0.164 e. The molecule has 9 aromatic rings. The number of para-hydroxylation sites is 5. The first-order chi connectivity index (χ1) is 29.2. The van der Waals surface area contributed by atoms with E-state index in [1.54, 1.807) is 0 Å². The number of aromatic nitrogens is 3. The zero-order chi connectivity index (χ0) is 39.3. The minimum absolute atomic E-state index is 0.523. The summed E-state index contributed by atoms with van der Waals surface area (Å²) >= 11 is 0. The Kier molecular flexibility index (Phi) is 7.99. The van der Waals surface area contributed by atoms with Crippen LogP contribution in [-0.2, 0) is 5.41 Å². The summed E-state index contributed by atoms with van der Waals surface area (Å²) in [6.07, 6.45) is 0. The molecule has 3 heterocycles. The molecule has 0 saturated carbocycles. The smallest absolute Gasteiger partial charge is 0.164 e. The molecule has 59 heavy (non-hydrogen) atoms. The number of anilines is 6. The van der Waals surface area contributed by atoms with Gasteiger partial charge in [0, 0.05) is 22.4 Å². The van der Waals surface area contributed by atoms with Crippen molar-refractivity contribution >= 4 is 34.1 Å². The highest BCUT2D eigenvalue weighted by Gasteiger charge is 2.51. The van der Waals surface area contributed by atoms with Crippen LogP contribution in [0.2, 0.25) is 0 Å². The van der Waals surface area contributed by atoms with Crippen LogP contribution in [0.25, 0.3) is 34.2 Å². The molecule has 1 spiro atoms. The lowest BCUT2D eigenvalue weighted by Crippen LogP contribution is -2.42. The number of nitrogens with zero attached hydrogens (tertiary/aromatic N) is 6. The molecule has 0 amide bonds. The second kappa shape index (κ2) is 13.8. The van der Waals surface area contributed by atoms with Crippen LogP contribution in [0.1, 0.15) is 27.8 Å². The standard InChI is InChI=1S/C53H34N6/c54-35-39-33-32-38(52-56-50(36-18-4-1-5-19-36)55-51(57-52)37-20-6-2-7-21-37)34-49(39)59-47-30-16-12-26-43(47)53(44-27-13-17-31-48(44)59)41-24-10-14-28-45(41)58(40-22-8-3-9-23-40)46-29-15-11-25-42(46)53/h1-34H. The zero-order valence-corrected chi connectivity index (χ0v) is 31.8. The number of fused-ring (bicyclic) bond motifs is 8. The van der Waals surface area contributed by atoms with Gasteiger partial charge in [-0.1, -0.05) is 152 Å². The van der Waals surface area contributed by atoms with E-state index in [1.165, 1.54) is 11.1 Å². The van der Waals surface area contributed by atoms with Crippen molar-refractivity contribution in [3.05, 3.63) is 234 Å². The molecule has 0 aliphatic carbocycles. The van der Waals surface area contributed by atoms with Gasteiger partial charge in [-0.15, -0.1) is 0 Å². The predicted octanol–water partition coefficient (Wildman–Crippen LogP) is 12.7. The van der Waals surface area contributed by atoms with E-state index in [1.807, 2.05) is 72.8 Å². The van der Waals surface area contributed by atoms with E-state index in [-0.39, 0.29) is 0 Å². The van der Waals surface area contributed by atoms with Crippen molar-refractivity contribution in [2.75, 3.05) is 9.80 Å². The zero-order valence-electron chi connectivity index (χ0n) is 31.8. The lowest BCUT2D eigenvalue weighted by atomic mass is 9.60. The van der Waals surface area contributed by atoms with Gasteiger partial charge in [0.15, 0.2) is 17.5 Å². The summed E-state index contributed by atoms with van der Waals surface area (Å²) in [4.78, 5) is 19.7. The third-order valence-corrected chi connectivity index (χ3v) is 11.5. The van der Waals surface area contributed by atoms with Crippen molar-refractivity contribution in [1.82, 2.24) is 15.0 Å². The Labute approximate surface area is 342 Å². The van der Waals surface area contributed by atoms with Crippen LogP contribution in [0.3, 0.4) is 0 Å². The van der Waals surface area contributed by atoms with Gasteiger partial charge in [0.05, 0.1) is 39.4 Å². The van der Waals surface area contributed by atoms with Crippen LogP contribution in [0.15, 0.2) is 206 Å². The Morgan fingerprint density at radius 2 is 0.729 bits per heavy atom. The minimum atomic E-state index is -0.685. The van der Waals surface area contributed by atoms with Gasteiger partial charge >= 0.3 is 0 Å². The van der Waals surface area contributed by atoms with Crippen LogP contribution < -0.4 is 9.80 Å². The number of hydrogen-bond donors (Lipinski definition) is 0. The van der Waals surface area contributed by atoms with Gasteiger partial charge in [0.1, 0.15) is 6.07 Å². The molecule has 0 bridgehead atoms. The predicted molar refractivity (Wildman–Crippen MR) is 236 cm³/mol. The summed E-state index contributed by atoms with van der Waals surface area (Å²) in [6, 6.07) is 73.8. The molecule has 0 unspecified atom stereocenters. The average molecular weight is 755 g/mol. The highest BCUT2D eigenvalue weighted by atomic mass is 15.2. The molecule has 0 atom stereocenters. The highest BCUT2D eigenvalue weighted by molar-refractivity contribution is 5.97. The number of hydrogen-bond acceptors (Lipinski definition) is 6. The number of nitriles is 1. The van der Waals surface area contributed by atoms with E-state index < -0.39 is 5.41 Å². The summed E-state index contributed by atoms with van der Waals surface area (Å²) in [5, 5.41) is 10.8. The molecule has 8 aromatic carbocycles. The second-order valence-corrected chi connectivity index (χ2v) is 14.7. The number of rotatable bonds is 5. The van der Waals surface area contributed by atoms with Gasteiger partial charge in [-0.3, -0.25) is 0 Å². The van der Waals surface area contributed by atoms with Crippen LogP contribution in [0, 0.1) is 11.3 Å². The fourth-order valence-electron chi connectivity index (χ4n) is 9.08. The van der Waals surface area contributed by atoms with Crippen LogP contribution in [0.5, 0.6) is 0 Å². The summed E-state index contributed by atoms with van der Waals surface area (Å²) in [5.74, 6) is 1.68. The first-order valence-electron chi connectivity index (χ1n) is 19.7. The van der Waals surface area contributed by atoms with Crippen LogP contribution >= 0.6 is 0 Å². The largest absolute Gasteiger partial charge is 0.310 e. The van der Waals surface area contributed by atoms with Gasteiger partial charge in [0.2, 0.25) is 0 Å². The Balaban J connectivity index is 1.16. The van der Waals surface area contributed by atoms with Gasteiger partial charge in [-0.2, -0.15) is 5.26 Å². The molecule has 6 nitrogen and oxygen atoms in total. The summed E-state index contributed by atoms with van der Waals surface area (Å²) in [6.45, 7) is 0. The molecule has 0 fully saturated rings. The van der Waals surface area contributed by atoms with Gasteiger partial charge in [0.25, 0.3) is 0 Å². The minimum Gasteiger partial charge on any atom is -0.310 e. The normalized spacial score (nSPS) is 13.1. The Morgan fingerprint density at radius 3 is 1.17 bits per heavy atom. The Morgan fingerprint density at radius 1 is 0.356 bits per heavy atom. The van der Waals surface area contributed by atoms with E-state index in [0.29, 0.717) is 23.0 Å². The SMILES string of the molecule is N#Cc1ccc(-c2nc(-c3ccccc3)nc(-c3ccccc3)n2)cc1N1c2ccccc2C2(c3ccccc3N(c3ccccc3)c3ccccc32)c2ccccc21. The topological polar surface area (TPSA) is 68.9 Å². The molecule has 0 saturated heterocycles. The molecule has 1 aromatic heterocycles. The number of benzene rings is 8. The molecule has 276 valence electrons. The molecule has 0 radical (unpaired) electrons. The molecular formula is C53H34N6. The van der Waals surface area contributed by atoms with Gasteiger partial charge in [-0.25, -0.2) is 15.0 Å². The molecule has 2 aliphatic rings. The lowest BCUT2D eigenvalue weighted by molar-refractivity contribution is 0.718.